The minimum atomic E-state index is -0.333. The van der Waals surface area contributed by atoms with Gasteiger partial charge >= 0.3 is 0 Å². The fourth-order valence-electron chi connectivity index (χ4n) is 3.91. The van der Waals surface area contributed by atoms with Crippen molar-refractivity contribution in [2.75, 3.05) is 20.3 Å². The van der Waals surface area contributed by atoms with E-state index in [9.17, 15) is 9.59 Å². The first-order valence-corrected chi connectivity index (χ1v) is 6.84. The maximum atomic E-state index is 12.5. The van der Waals surface area contributed by atoms with E-state index in [0.29, 0.717) is 13.0 Å². The second-order valence-corrected chi connectivity index (χ2v) is 5.67. The summed E-state index contributed by atoms with van der Waals surface area (Å²) in [6.07, 6.45) is 5.49. The summed E-state index contributed by atoms with van der Waals surface area (Å²) in [6.45, 7) is 0.242. The van der Waals surface area contributed by atoms with Crippen molar-refractivity contribution in [3.05, 3.63) is 12.2 Å². The van der Waals surface area contributed by atoms with Gasteiger partial charge in [-0.25, -0.2) is 0 Å². The first-order valence-electron chi connectivity index (χ1n) is 6.84. The van der Waals surface area contributed by atoms with E-state index in [-0.39, 0.29) is 48.1 Å². The zero-order valence-electron chi connectivity index (χ0n) is 11.0. The molecule has 5 atom stereocenters. The Balaban J connectivity index is 1.84. The zero-order valence-corrected chi connectivity index (χ0v) is 11.0. The van der Waals surface area contributed by atoms with Gasteiger partial charge in [-0.1, -0.05) is 12.2 Å². The molecule has 2 fully saturated rings. The van der Waals surface area contributed by atoms with E-state index < -0.39 is 0 Å². The third-order valence-corrected chi connectivity index (χ3v) is 4.69. The maximum Gasteiger partial charge on any atom is 0.234 e. The molecule has 0 radical (unpaired) electrons. The van der Waals surface area contributed by atoms with E-state index >= 15 is 0 Å². The van der Waals surface area contributed by atoms with Crippen molar-refractivity contribution in [1.29, 1.82) is 0 Å². The van der Waals surface area contributed by atoms with Crippen molar-refractivity contribution in [3.8, 4) is 0 Å². The largest absolute Gasteiger partial charge is 0.396 e. The molecule has 2 bridgehead atoms. The number of carbonyl (C=O) groups excluding carboxylic acids is 2. The van der Waals surface area contributed by atoms with Gasteiger partial charge in [0.25, 0.3) is 0 Å². The molecule has 1 aliphatic heterocycles. The Labute approximate surface area is 112 Å². The molecule has 3 aliphatic rings. The Bertz CT molecular complexity index is 397. The van der Waals surface area contributed by atoms with Crippen molar-refractivity contribution in [3.63, 3.8) is 0 Å². The molecule has 3 rings (SSSR count). The molecular formula is C14H19NO4. The van der Waals surface area contributed by atoms with E-state index in [2.05, 4.69) is 12.2 Å². The van der Waals surface area contributed by atoms with Crippen LogP contribution in [0.25, 0.3) is 0 Å². The maximum absolute atomic E-state index is 12.5. The minimum absolute atomic E-state index is 0.0501. The lowest BCUT2D eigenvalue weighted by Crippen LogP contribution is -2.44. The van der Waals surface area contributed by atoms with Crippen LogP contribution >= 0.6 is 0 Å². The third kappa shape index (κ3) is 1.75. The number of nitrogens with zero attached hydrogens (tertiary/aromatic N) is 1. The number of rotatable bonds is 5. The van der Waals surface area contributed by atoms with Crippen LogP contribution in [0.4, 0.5) is 0 Å². The number of imide groups is 1. The van der Waals surface area contributed by atoms with Gasteiger partial charge in [-0.2, -0.15) is 0 Å². The van der Waals surface area contributed by atoms with Crippen LogP contribution in [0.15, 0.2) is 12.2 Å². The summed E-state index contributed by atoms with van der Waals surface area (Å²) < 4.78 is 5.08. The van der Waals surface area contributed by atoms with Crippen molar-refractivity contribution >= 4 is 11.8 Å². The molecule has 0 aromatic rings. The van der Waals surface area contributed by atoms with E-state index in [1.165, 1.54) is 4.90 Å². The van der Waals surface area contributed by atoms with E-state index in [1.54, 1.807) is 7.11 Å². The number of hydrogen-bond donors (Lipinski definition) is 1. The predicted octanol–water partition coefficient (Wildman–Crippen LogP) is 0.191. The number of likely N-dealkylation sites (tertiary alicyclic amines) is 1. The summed E-state index contributed by atoms with van der Waals surface area (Å²) in [7, 11) is 1.54. The van der Waals surface area contributed by atoms with E-state index in [0.717, 1.165) is 6.42 Å². The second-order valence-electron chi connectivity index (χ2n) is 5.67. The molecule has 19 heavy (non-hydrogen) atoms. The molecular weight excluding hydrogens is 246 g/mol. The first kappa shape index (κ1) is 12.8. The minimum Gasteiger partial charge on any atom is -0.396 e. The van der Waals surface area contributed by atoms with Gasteiger partial charge in [0.15, 0.2) is 0 Å². The van der Waals surface area contributed by atoms with Crippen LogP contribution in [0.2, 0.25) is 0 Å². The molecule has 2 aliphatic carbocycles. The van der Waals surface area contributed by atoms with Crippen LogP contribution in [0.5, 0.6) is 0 Å². The third-order valence-electron chi connectivity index (χ3n) is 4.69. The van der Waals surface area contributed by atoms with Crippen LogP contribution in [0.3, 0.4) is 0 Å². The smallest absolute Gasteiger partial charge is 0.234 e. The van der Waals surface area contributed by atoms with Crippen LogP contribution < -0.4 is 0 Å². The summed E-state index contributed by atoms with van der Waals surface area (Å²) in [5, 5.41) is 9.10. The standard InChI is InChI=1S/C14H19NO4/c1-19-7-10(4-5-16)15-13(17)11-8-2-3-9(6-8)12(11)14(15)18/h2-3,8-12,16H,4-7H2,1H3. The monoisotopic (exact) mass is 265 g/mol. The molecule has 1 heterocycles. The van der Waals surface area contributed by atoms with Crippen molar-refractivity contribution < 1.29 is 19.4 Å². The lowest BCUT2D eigenvalue weighted by molar-refractivity contribution is -0.145. The fraction of sp³-hybridized carbons (Fsp3) is 0.714. The predicted molar refractivity (Wildman–Crippen MR) is 66.9 cm³/mol. The normalized spacial score (nSPS) is 37.3. The molecule has 2 amide bonds. The van der Waals surface area contributed by atoms with Gasteiger partial charge in [0.1, 0.15) is 0 Å². The van der Waals surface area contributed by atoms with E-state index in [4.69, 9.17) is 9.84 Å². The first-order chi connectivity index (χ1) is 9.19. The lowest BCUT2D eigenvalue weighted by Gasteiger charge is -2.26. The van der Waals surface area contributed by atoms with Crippen molar-refractivity contribution in [2.24, 2.45) is 23.7 Å². The zero-order chi connectivity index (χ0) is 13.6. The summed E-state index contributed by atoms with van der Waals surface area (Å²) in [6, 6.07) is -0.333. The van der Waals surface area contributed by atoms with Gasteiger partial charge in [-0.15, -0.1) is 0 Å². The Hall–Kier alpha value is -1.20. The van der Waals surface area contributed by atoms with Gasteiger partial charge in [-0.05, 0) is 24.7 Å². The number of carbonyl (C=O) groups is 2. The molecule has 1 N–H and O–H groups in total. The van der Waals surface area contributed by atoms with Gasteiger partial charge < -0.3 is 9.84 Å². The number of allylic oxidation sites excluding steroid dienone is 2. The molecule has 5 nitrogen and oxygen atoms in total. The number of hydrogen-bond acceptors (Lipinski definition) is 4. The van der Waals surface area contributed by atoms with Crippen molar-refractivity contribution in [2.45, 2.75) is 18.9 Å². The average Bonchev–Trinajstić information content (AvgIpc) is 3.04. The molecule has 0 aromatic carbocycles. The average molecular weight is 265 g/mol. The molecule has 104 valence electrons. The van der Waals surface area contributed by atoms with E-state index in [1.807, 2.05) is 0 Å². The second kappa shape index (κ2) is 4.72. The summed E-state index contributed by atoms with van der Waals surface area (Å²) in [5.41, 5.74) is 0. The SMILES string of the molecule is COCC(CCO)N1C(=O)C2C3C=CC(C3)C2C1=O. The quantitative estimate of drug-likeness (QED) is 0.569. The van der Waals surface area contributed by atoms with Gasteiger partial charge in [0.2, 0.25) is 11.8 Å². The molecule has 0 aromatic heterocycles. The highest BCUT2D eigenvalue weighted by atomic mass is 16.5. The Morgan fingerprint density at radius 2 is 1.89 bits per heavy atom. The molecule has 0 spiro atoms. The van der Waals surface area contributed by atoms with Crippen LogP contribution in [0, 0.1) is 23.7 Å². The number of amides is 2. The highest BCUT2D eigenvalue weighted by molar-refractivity contribution is 6.06. The highest BCUT2D eigenvalue weighted by Crippen LogP contribution is 2.52. The fourth-order valence-corrected chi connectivity index (χ4v) is 3.91. The lowest BCUT2D eigenvalue weighted by atomic mass is 9.85. The Morgan fingerprint density at radius 1 is 1.32 bits per heavy atom. The summed E-state index contributed by atoms with van der Waals surface area (Å²) in [4.78, 5) is 26.4. The van der Waals surface area contributed by atoms with Crippen LogP contribution in [-0.4, -0.2) is 48.2 Å². The summed E-state index contributed by atoms with van der Waals surface area (Å²) in [5.74, 6) is -0.00617. The van der Waals surface area contributed by atoms with Crippen molar-refractivity contribution in [1.82, 2.24) is 4.90 Å². The van der Waals surface area contributed by atoms with Crippen LogP contribution in [0.1, 0.15) is 12.8 Å². The highest BCUT2D eigenvalue weighted by Gasteiger charge is 2.60. The number of ether oxygens (including phenoxy) is 1. The molecule has 5 heteroatoms. The molecule has 1 saturated heterocycles. The van der Waals surface area contributed by atoms with Gasteiger partial charge in [-0.3, -0.25) is 14.5 Å². The molecule has 1 saturated carbocycles. The Morgan fingerprint density at radius 3 is 2.37 bits per heavy atom. The van der Waals surface area contributed by atoms with Crippen LogP contribution in [-0.2, 0) is 14.3 Å². The molecule has 5 unspecified atom stereocenters. The van der Waals surface area contributed by atoms with Gasteiger partial charge in [0.05, 0.1) is 24.5 Å². The number of fused-ring (bicyclic) bond motifs is 5. The number of aliphatic hydroxyl groups excluding tert-OH is 1. The number of methoxy groups -OCH3 is 1. The van der Waals surface area contributed by atoms with Gasteiger partial charge in [0, 0.05) is 13.7 Å². The summed E-state index contributed by atoms with van der Waals surface area (Å²) >= 11 is 0. The topological polar surface area (TPSA) is 66.8 Å². The Kier molecular flexibility index (Phi) is 3.19. The number of aliphatic hydroxyl groups is 1.